The molecular weight excluding hydrogens is 435 g/mol. The first kappa shape index (κ1) is 24.1. The summed E-state index contributed by atoms with van der Waals surface area (Å²) in [6, 6.07) is -1.25. The number of nitrogens with one attached hydrogen (secondary N) is 4. The summed E-state index contributed by atoms with van der Waals surface area (Å²) in [5, 5.41) is 14.9. The molecule has 2 aromatic rings. The van der Waals surface area contributed by atoms with Gasteiger partial charge in [0.1, 0.15) is 18.1 Å². The molecule has 0 aromatic carbocycles. The van der Waals surface area contributed by atoms with Crippen LogP contribution in [0.2, 0.25) is 0 Å². The van der Waals surface area contributed by atoms with Crippen LogP contribution in [0.5, 0.6) is 5.88 Å². The Kier molecular flexibility index (Phi) is 8.09. The van der Waals surface area contributed by atoms with Gasteiger partial charge in [-0.05, 0) is 0 Å². The number of nitrogens with zero attached hydrogens (tertiary/aromatic N) is 5. The van der Waals surface area contributed by atoms with E-state index in [4.69, 9.17) is 5.41 Å². The van der Waals surface area contributed by atoms with Gasteiger partial charge in [-0.2, -0.15) is 13.2 Å². The van der Waals surface area contributed by atoms with E-state index in [1.165, 1.54) is 32.8 Å². The minimum atomic E-state index is -4.63. The first-order valence-corrected chi connectivity index (χ1v) is 8.77. The van der Waals surface area contributed by atoms with Gasteiger partial charge in [-0.25, -0.2) is 19.9 Å². The summed E-state index contributed by atoms with van der Waals surface area (Å²) >= 11 is 0. The number of aromatic nitrogens is 4. The van der Waals surface area contributed by atoms with Crippen LogP contribution in [0.25, 0.3) is 0 Å². The van der Waals surface area contributed by atoms with Gasteiger partial charge in [-0.15, -0.1) is 0 Å². The number of anilines is 2. The van der Waals surface area contributed by atoms with Crippen LogP contribution in [-0.4, -0.2) is 76.6 Å². The number of carbonyl (C=O) groups excluding carboxylic acids is 2. The lowest BCUT2D eigenvalue weighted by atomic mass is 10.1. The third kappa shape index (κ3) is 6.68. The molecule has 0 spiro atoms. The van der Waals surface area contributed by atoms with E-state index in [1.54, 1.807) is 0 Å². The minimum Gasteiger partial charge on any atom is -0.467 e. The number of halogens is 3. The minimum absolute atomic E-state index is 0.157. The van der Waals surface area contributed by atoms with E-state index in [-0.39, 0.29) is 11.5 Å². The predicted octanol–water partition coefficient (Wildman–Crippen LogP) is 0.516. The molecule has 0 aliphatic carbocycles. The summed E-state index contributed by atoms with van der Waals surface area (Å²) in [5.74, 6) is -2.33. The molecule has 0 saturated heterocycles. The lowest BCUT2D eigenvalue weighted by Gasteiger charge is -2.17. The van der Waals surface area contributed by atoms with Gasteiger partial charge in [-0.3, -0.25) is 14.6 Å². The van der Waals surface area contributed by atoms with Gasteiger partial charge < -0.3 is 26.1 Å². The molecule has 2 rings (SSSR count). The summed E-state index contributed by atoms with van der Waals surface area (Å²) in [4.78, 5) is 43.8. The maximum absolute atomic E-state index is 12.9. The summed E-state index contributed by atoms with van der Waals surface area (Å²) in [5.41, 5.74) is -0.337. The summed E-state index contributed by atoms with van der Waals surface area (Å²) in [6.45, 7) is -1.64. The van der Waals surface area contributed by atoms with Crippen molar-refractivity contribution in [2.75, 3.05) is 26.0 Å². The van der Waals surface area contributed by atoms with Crippen molar-refractivity contribution in [2.45, 2.75) is 12.2 Å². The third-order valence-electron chi connectivity index (χ3n) is 3.62. The summed E-state index contributed by atoms with van der Waals surface area (Å²) in [6.07, 6.45) is 0.999. The number of rotatable bonds is 9. The Labute approximate surface area is 179 Å². The molecule has 170 valence electrons. The molecule has 0 aliphatic rings. The Morgan fingerprint density at radius 2 is 1.97 bits per heavy atom. The van der Waals surface area contributed by atoms with Gasteiger partial charge >= 0.3 is 6.18 Å². The van der Waals surface area contributed by atoms with Gasteiger partial charge in [0, 0.05) is 20.3 Å². The number of hydrogen-bond donors (Lipinski definition) is 4. The molecule has 0 bridgehead atoms. The van der Waals surface area contributed by atoms with E-state index in [2.05, 4.69) is 45.6 Å². The highest BCUT2D eigenvalue weighted by Crippen LogP contribution is 2.21. The molecule has 0 aliphatic heterocycles. The zero-order valence-corrected chi connectivity index (χ0v) is 16.8. The van der Waals surface area contributed by atoms with Gasteiger partial charge in [0.25, 0.3) is 11.8 Å². The van der Waals surface area contributed by atoms with E-state index in [1.807, 2.05) is 0 Å². The first-order valence-electron chi connectivity index (χ1n) is 8.77. The number of aliphatic imine (C=N–C) groups is 1. The molecule has 2 amide bonds. The maximum Gasteiger partial charge on any atom is 0.422 e. The van der Waals surface area contributed by atoms with Gasteiger partial charge in [-0.1, -0.05) is 0 Å². The van der Waals surface area contributed by atoms with Crippen molar-refractivity contribution in [3.8, 4) is 5.88 Å². The Balaban J connectivity index is 2.38. The van der Waals surface area contributed by atoms with E-state index < -0.39 is 42.2 Å². The molecule has 2 heterocycles. The van der Waals surface area contributed by atoms with Crippen LogP contribution >= 0.6 is 0 Å². The van der Waals surface area contributed by atoms with Crippen molar-refractivity contribution in [3.63, 3.8) is 0 Å². The monoisotopic (exact) mass is 453 g/mol. The molecule has 0 saturated carbocycles. The molecule has 15 heteroatoms. The normalized spacial score (nSPS) is 12.5. The fourth-order valence-corrected chi connectivity index (χ4v) is 2.26. The largest absolute Gasteiger partial charge is 0.467 e. The molecule has 0 fully saturated rings. The fourth-order valence-electron chi connectivity index (χ4n) is 2.26. The van der Waals surface area contributed by atoms with Crippen molar-refractivity contribution in [1.29, 1.82) is 5.41 Å². The average Bonchev–Trinajstić information content (AvgIpc) is 2.77. The topological polar surface area (TPSA) is 167 Å². The second-order valence-electron chi connectivity index (χ2n) is 5.87. The SMILES string of the molecule is CN=C(C(=O)NC)C(C=N)NC(=O)c1nc(OCC(F)(F)F)cnc1Nc1cncnc1. The second-order valence-corrected chi connectivity index (χ2v) is 5.87. The standard InChI is InChI=1S/C17H18F3N9O3/c1-22-12(15(30)23-2)10(3-21)28-16(31)13-14(27-9-4-24-8-25-5-9)26-6-11(29-13)32-7-17(18,19)20/h3-6,8,10,21H,7H2,1-2H3,(H,23,30)(H,26,27)(H,28,31). The van der Waals surface area contributed by atoms with E-state index in [9.17, 15) is 22.8 Å². The summed E-state index contributed by atoms with van der Waals surface area (Å²) in [7, 11) is 2.63. The van der Waals surface area contributed by atoms with E-state index >= 15 is 0 Å². The van der Waals surface area contributed by atoms with Crippen molar-refractivity contribution in [1.82, 2.24) is 30.6 Å². The predicted molar refractivity (Wildman–Crippen MR) is 106 cm³/mol. The molecular formula is C17H18F3N9O3. The lowest BCUT2D eigenvalue weighted by Crippen LogP contribution is -2.48. The van der Waals surface area contributed by atoms with E-state index in [0.29, 0.717) is 5.69 Å². The molecule has 0 radical (unpaired) electrons. The Morgan fingerprint density at radius 3 is 2.53 bits per heavy atom. The fraction of sp³-hybridized carbons (Fsp3) is 0.294. The Hall–Kier alpha value is -4.17. The van der Waals surface area contributed by atoms with Crippen LogP contribution in [0.15, 0.2) is 29.9 Å². The first-order chi connectivity index (χ1) is 15.2. The smallest absolute Gasteiger partial charge is 0.422 e. The van der Waals surface area contributed by atoms with Crippen molar-refractivity contribution < 1.29 is 27.5 Å². The van der Waals surface area contributed by atoms with Gasteiger partial charge in [0.15, 0.2) is 18.1 Å². The van der Waals surface area contributed by atoms with Crippen LogP contribution < -0.4 is 20.7 Å². The maximum atomic E-state index is 12.9. The van der Waals surface area contributed by atoms with Crippen molar-refractivity contribution in [3.05, 3.63) is 30.6 Å². The van der Waals surface area contributed by atoms with Crippen LogP contribution in [0, 0.1) is 5.41 Å². The third-order valence-corrected chi connectivity index (χ3v) is 3.62. The Bertz CT molecular complexity index is 1000. The highest BCUT2D eigenvalue weighted by atomic mass is 19.4. The number of hydrogen-bond acceptors (Lipinski definition) is 10. The molecule has 2 aromatic heterocycles. The van der Waals surface area contributed by atoms with Crippen LogP contribution in [-0.2, 0) is 4.79 Å². The van der Waals surface area contributed by atoms with Gasteiger partial charge in [0.05, 0.1) is 24.3 Å². The molecule has 4 N–H and O–H groups in total. The quantitative estimate of drug-likeness (QED) is 0.399. The number of ether oxygens (including phenoxy) is 1. The van der Waals surface area contributed by atoms with Crippen molar-refractivity contribution in [2.24, 2.45) is 4.99 Å². The molecule has 1 unspecified atom stereocenters. The van der Waals surface area contributed by atoms with Crippen LogP contribution in [0.4, 0.5) is 24.7 Å². The number of amides is 2. The number of carbonyl (C=O) groups is 2. The van der Waals surface area contributed by atoms with Crippen LogP contribution in [0.3, 0.4) is 0 Å². The zero-order valence-electron chi connectivity index (χ0n) is 16.8. The number of alkyl halides is 3. The van der Waals surface area contributed by atoms with Crippen LogP contribution in [0.1, 0.15) is 10.5 Å². The van der Waals surface area contributed by atoms with Gasteiger partial charge in [0.2, 0.25) is 5.88 Å². The average molecular weight is 453 g/mol. The van der Waals surface area contributed by atoms with E-state index in [0.717, 1.165) is 12.4 Å². The molecule has 1 atom stereocenters. The van der Waals surface area contributed by atoms with Crippen molar-refractivity contribution >= 4 is 35.2 Å². The molecule has 12 nitrogen and oxygen atoms in total. The highest BCUT2D eigenvalue weighted by Gasteiger charge is 2.30. The highest BCUT2D eigenvalue weighted by molar-refractivity contribution is 6.44. The molecule has 32 heavy (non-hydrogen) atoms. The zero-order chi connectivity index (χ0) is 23.7. The Morgan fingerprint density at radius 1 is 1.28 bits per heavy atom. The second kappa shape index (κ2) is 10.7. The lowest BCUT2D eigenvalue weighted by molar-refractivity contribution is -0.154. The summed E-state index contributed by atoms with van der Waals surface area (Å²) < 4.78 is 42.0.